The Bertz CT molecular complexity index is 638. The van der Waals surface area contributed by atoms with Crippen LogP contribution in [-0.4, -0.2) is 54.3 Å². The Morgan fingerprint density at radius 3 is 3.04 bits per heavy atom. The van der Waals surface area contributed by atoms with E-state index in [1.165, 1.54) is 12.8 Å². The highest BCUT2D eigenvalue weighted by Crippen LogP contribution is 2.23. The molecule has 1 aromatic heterocycles. The van der Waals surface area contributed by atoms with E-state index in [0.717, 1.165) is 76.0 Å². The van der Waals surface area contributed by atoms with Crippen molar-refractivity contribution < 1.29 is 4.74 Å². The predicted molar refractivity (Wildman–Crippen MR) is 93.4 cm³/mol. The summed E-state index contributed by atoms with van der Waals surface area (Å²) in [6.45, 7) is 8.84. The SMILES string of the molecule is C[C@H]1CCCN(c2nc3c(c(=O)[nH]2)CCN(C[C@H]2CCOC2)C3)C1. The van der Waals surface area contributed by atoms with Crippen molar-refractivity contribution in [3.63, 3.8) is 0 Å². The normalized spacial score (nSPS) is 28.1. The number of rotatable bonds is 3. The zero-order valence-corrected chi connectivity index (χ0v) is 14.6. The minimum absolute atomic E-state index is 0.0667. The van der Waals surface area contributed by atoms with Crippen molar-refractivity contribution in [1.82, 2.24) is 14.9 Å². The molecule has 1 N–H and O–H groups in total. The van der Waals surface area contributed by atoms with Gasteiger partial charge in [0.2, 0.25) is 5.95 Å². The van der Waals surface area contributed by atoms with Crippen LogP contribution in [0.4, 0.5) is 5.95 Å². The Hall–Kier alpha value is -1.40. The van der Waals surface area contributed by atoms with Crippen LogP contribution in [0.5, 0.6) is 0 Å². The standard InChI is InChI=1S/C18H28N4O2/c1-13-3-2-6-22(9-13)18-19-16-11-21(10-14-5-8-24-12-14)7-4-15(16)17(23)20-18/h13-14H,2-12H2,1H3,(H,19,20,23)/t13-,14+/m0/s1. The Morgan fingerprint density at radius 1 is 1.33 bits per heavy atom. The number of aromatic amines is 1. The van der Waals surface area contributed by atoms with Crippen LogP contribution in [0.25, 0.3) is 0 Å². The lowest BCUT2D eigenvalue weighted by Crippen LogP contribution is -2.41. The lowest BCUT2D eigenvalue weighted by Gasteiger charge is -2.33. The van der Waals surface area contributed by atoms with Gasteiger partial charge in [-0.2, -0.15) is 0 Å². The van der Waals surface area contributed by atoms with Gasteiger partial charge in [0, 0.05) is 44.9 Å². The van der Waals surface area contributed by atoms with Crippen molar-refractivity contribution in [2.75, 3.05) is 44.3 Å². The molecule has 0 spiro atoms. The van der Waals surface area contributed by atoms with Gasteiger partial charge in [0.05, 0.1) is 12.3 Å². The van der Waals surface area contributed by atoms with E-state index >= 15 is 0 Å². The highest BCUT2D eigenvalue weighted by Gasteiger charge is 2.26. The van der Waals surface area contributed by atoms with Gasteiger partial charge >= 0.3 is 0 Å². The molecule has 3 aliphatic heterocycles. The second kappa shape index (κ2) is 6.84. The topological polar surface area (TPSA) is 61.5 Å². The van der Waals surface area contributed by atoms with Crippen molar-refractivity contribution in [3.05, 3.63) is 21.6 Å². The second-order valence-corrected chi connectivity index (χ2v) is 7.72. The highest BCUT2D eigenvalue weighted by atomic mass is 16.5. The average Bonchev–Trinajstić information content (AvgIpc) is 3.07. The molecule has 4 heterocycles. The molecule has 0 amide bonds. The molecule has 4 rings (SSSR count). The molecular weight excluding hydrogens is 304 g/mol. The quantitative estimate of drug-likeness (QED) is 0.907. The van der Waals surface area contributed by atoms with Gasteiger partial charge in [-0.1, -0.05) is 6.92 Å². The fourth-order valence-corrected chi connectivity index (χ4v) is 4.26. The summed E-state index contributed by atoms with van der Waals surface area (Å²) in [5.74, 6) is 2.08. The van der Waals surface area contributed by atoms with E-state index in [2.05, 4.69) is 21.7 Å². The number of ether oxygens (including phenoxy) is 1. The average molecular weight is 332 g/mol. The third-order valence-corrected chi connectivity index (χ3v) is 5.64. The van der Waals surface area contributed by atoms with Gasteiger partial charge in [-0.25, -0.2) is 4.98 Å². The molecule has 0 saturated carbocycles. The van der Waals surface area contributed by atoms with Crippen molar-refractivity contribution >= 4 is 5.95 Å². The Balaban J connectivity index is 1.51. The minimum Gasteiger partial charge on any atom is -0.381 e. The summed E-state index contributed by atoms with van der Waals surface area (Å²) < 4.78 is 5.49. The zero-order valence-electron chi connectivity index (χ0n) is 14.6. The molecular formula is C18H28N4O2. The molecule has 6 heteroatoms. The maximum atomic E-state index is 12.5. The number of anilines is 1. The molecule has 0 aromatic carbocycles. The van der Waals surface area contributed by atoms with E-state index < -0.39 is 0 Å². The first-order valence-corrected chi connectivity index (χ1v) is 9.36. The van der Waals surface area contributed by atoms with Gasteiger partial charge < -0.3 is 9.64 Å². The smallest absolute Gasteiger partial charge is 0.255 e. The number of hydrogen-bond donors (Lipinski definition) is 1. The van der Waals surface area contributed by atoms with Crippen LogP contribution in [0, 0.1) is 11.8 Å². The lowest BCUT2D eigenvalue weighted by atomic mass is 10.0. The van der Waals surface area contributed by atoms with E-state index in [1.807, 2.05) is 0 Å². The van der Waals surface area contributed by atoms with Crippen molar-refractivity contribution in [2.24, 2.45) is 11.8 Å². The number of aromatic nitrogens is 2. The van der Waals surface area contributed by atoms with E-state index in [-0.39, 0.29) is 5.56 Å². The van der Waals surface area contributed by atoms with Crippen LogP contribution in [0.2, 0.25) is 0 Å². The van der Waals surface area contributed by atoms with Gasteiger partial charge in [0.1, 0.15) is 0 Å². The van der Waals surface area contributed by atoms with Crippen LogP contribution < -0.4 is 10.5 Å². The van der Waals surface area contributed by atoms with E-state index in [9.17, 15) is 4.79 Å². The number of piperidine rings is 1. The number of nitrogens with zero attached hydrogens (tertiary/aromatic N) is 3. The molecule has 3 aliphatic rings. The molecule has 0 aliphatic carbocycles. The Morgan fingerprint density at radius 2 is 2.25 bits per heavy atom. The molecule has 0 unspecified atom stereocenters. The first kappa shape index (κ1) is 16.1. The van der Waals surface area contributed by atoms with Crippen LogP contribution in [0.3, 0.4) is 0 Å². The number of nitrogens with one attached hydrogen (secondary N) is 1. The minimum atomic E-state index is 0.0667. The molecule has 2 saturated heterocycles. The Kier molecular flexibility index (Phi) is 4.59. The Labute approximate surface area is 143 Å². The molecule has 24 heavy (non-hydrogen) atoms. The number of H-pyrrole nitrogens is 1. The van der Waals surface area contributed by atoms with Crippen molar-refractivity contribution in [2.45, 2.75) is 39.2 Å². The molecule has 0 radical (unpaired) electrons. The van der Waals surface area contributed by atoms with Gasteiger partial charge in [-0.05, 0) is 37.5 Å². The largest absolute Gasteiger partial charge is 0.381 e. The second-order valence-electron chi connectivity index (χ2n) is 7.72. The third-order valence-electron chi connectivity index (χ3n) is 5.64. The van der Waals surface area contributed by atoms with E-state index in [1.54, 1.807) is 0 Å². The molecule has 2 atom stereocenters. The summed E-state index contributed by atoms with van der Waals surface area (Å²) in [7, 11) is 0. The molecule has 2 fully saturated rings. The van der Waals surface area contributed by atoms with Crippen LogP contribution in [0.15, 0.2) is 4.79 Å². The predicted octanol–water partition coefficient (Wildman–Crippen LogP) is 1.40. The lowest BCUT2D eigenvalue weighted by molar-refractivity contribution is 0.161. The maximum Gasteiger partial charge on any atom is 0.255 e. The zero-order chi connectivity index (χ0) is 16.5. The van der Waals surface area contributed by atoms with Crippen LogP contribution >= 0.6 is 0 Å². The van der Waals surface area contributed by atoms with Gasteiger partial charge in [0.25, 0.3) is 5.56 Å². The van der Waals surface area contributed by atoms with E-state index in [4.69, 9.17) is 9.72 Å². The van der Waals surface area contributed by atoms with Gasteiger partial charge in [0.15, 0.2) is 0 Å². The maximum absolute atomic E-state index is 12.5. The fraction of sp³-hybridized carbons (Fsp3) is 0.778. The summed E-state index contributed by atoms with van der Waals surface area (Å²) in [5, 5.41) is 0. The summed E-state index contributed by atoms with van der Waals surface area (Å²) in [6, 6.07) is 0. The van der Waals surface area contributed by atoms with Crippen LogP contribution in [-0.2, 0) is 17.7 Å². The first-order chi connectivity index (χ1) is 11.7. The van der Waals surface area contributed by atoms with Crippen LogP contribution in [0.1, 0.15) is 37.4 Å². The fourth-order valence-electron chi connectivity index (χ4n) is 4.26. The number of hydrogen-bond acceptors (Lipinski definition) is 5. The van der Waals surface area contributed by atoms with Crippen molar-refractivity contribution in [1.29, 1.82) is 0 Å². The summed E-state index contributed by atoms with van der Waals surface area (Å²) in [6.07, 6.45) is 4.41. The third kappa shape index (κ3) is 3.35. The van der Waals surface area contributed by atoms with Gasteiger partial charge in [-0.15, -0.1) is 0 Å². The number of fused-ring (bicyclic) bond motifs is 1. The monoisotopic (exact) mass is 332 g/mol. The summed E-state index contributed by atoms with van der Waals surface area (Å²) in [5.41, 5.74) is 1.94. The molecule has 6 nitrogen and oxygen atoms in total. The molecule has 1 aromatic rings. The molecule has 0 bridgehead atoms. The first-order valence-electron chi connectivity index (χ1n) is 9.36. The summed E-state index contributed by atoms with van der Waals surface area (Å²) >= 11 is 0. The van der Waals surface area contributed by atoms with Crippen molar-refractivity contribution in [3.8, 4) is 0 Å². The highest BCUT2D eigenvalue weighted by molar-refractivity contribution is 5.35. The molecule has 132 valence electrons. The summed E-state index contributed by atoms with van der Waals surface area (Å²) in [4.78, 5) is 25.1. The van der Waals surface area contributed by atoms with E-state index in [0.29, 0.717) is 11.8 Å². The van der Waals surface area contributed by atoms with Gasteiger partial charge in [-0.3, -0.25) is 14.7 Å².